The first kappa shape index (κ1) is 30.3. The lowest BCUT2D eigenvalue weighted by Gasteiger charge is -2.14. The number of carbonyl (C=O) groups is 2. The van der Waals surface area contributed by atoms with E-state index in [4.69, 9.17) is 4.74 Å². The van der Waals surface area contributed by atoms with Crippen LogP contribution in [0.1, 0.15) is 43.2 Å². The van der Waals surface area contributed by atoms with Crippen LogP contribution < -0.4 is 10.6 Å². The highest BCUT2D eigenvalue weighted by atomic mass is 35.5. The van der Waals surface area contributed by atoms with Crippen molar-refractivity contribution in [2.24, 2.45) is 0 Å². The number of para-hydroxylation sites is 1. The van der Waals surface area contributed by atoms with Gasteiger partial charge in [0, 0.05) is 18.5 Å². The molecule has 1 heterocycles. The number of hydrogen-bond donors (Lipinski definition) is 3. The Bertz CT molecular complexity index is 1720. The molecule has 0 aliphatic heterocycles. The summed E-state index contributed by atoms with van der Waals surface area (Å²) in [5.74, 6) is -1.03. The number of aromatic amines is 1. The molecular weight excluding hydrogens is 569 g/mol. The van der Waals surface area contributed by atoms with Crippen LogP contribution in [-0.2, 0) is 23.9 Å². The van der Waals surface area contributed by atoms with Crippen LogP contribution in [-0.4, -0.2) is 28.9 Å². The summed E-state index contributed by atoms with van der Waals surface area (Å²) in [7, 11) is 1.49. The fourth-order valence-electron chi connectivity index (χ4n) is 4.55. The van der Waals surface area contributed by atoms with Gasteiger partial charge in [-0.25, -0.2) is 4.98 Å². The number of halogens is 4. The minimum absolute atomic E-state index is 0. The Hall–Kier alpha value is -4.67. The summed E-state index contributed by atoms with van der Waals surface area (Å²) in [5, 5.41) is 5.45. The molecule has 0 atom stereocenters. The summed E-state index contributed by atoms with van der Waals surface area (Å²) in [4.78, 5) is 34.1. The number of aromatic nitrogens is 2. The molecule has 4 aromatic carbocycles. The number of anilines is 2. The van der Waals surface area contributed by atoms with E-state index in [1.165, 1.54) is 31.4 Å². The van der Waals surface area contributed by atoms with E-state index in [0.29, 0.717) is 29.0 Å². The van der Waals surface area contributed by atoms with E-state index in [0.717, 1.165) is 23.3 Å². The number of benzene rings is 4. The van der Waals surface area contributed by atoms with Crippen LogP contribution in [0, 0.1) is 0 Å². The predicted octanol–water partition coefficient (Wildman–Crippen LogP) is 7.25. The lowest BCUT2D eigenvalue weighted by atomic mass is 10.0. The third-order valence-electron chi connectivity index (χ3n) is 6.40. The van der Waals surface area contributed by atoms with Crippen molar-refractivity contribution in [2.45, 2.75) is 19.2 Å². The minimum atomic E-state index is -4.71. The third-order valence-corrected chi connectivity index (χ3v) is 6.40. The van der Waals surface area contributed by atoms with Gasteiger partial charge in [-0.1, -0.05) is 60.7 Å². The van der Waals surface area contributed by atoms with Crippen LogP contribution in [0.3, 0.4) is 0 Å². The molecule has 5 aromatic rings. The first-order valence-electron chi connectivity index (χ1n) is 12.7. The zero-order chi connectivity index (χ0) is 29.0. The molecule has 0 radical (unpaired) electrons. The van der Waals surface area contributed by atoms with Crippen LogP contribution in [0.5, 0.6) is 0 Å². The van der Waals surface area contributed by atoms with Crippen LogP contribution in [0.25, 0.3) is 11.0 Å². The number of methoxy groups -OCH3 is 1. The Balaban J connectivity index is 0.00000405. The monoisotopic (exact) mass is 594 g/mol. The van der Waals surface area contributed by atoms with Crippen molar-refractivity contribution in [3.05, 3.63) is 125 Å². The Kier molecular flexibility index (Phi) is 9.29. The van der Waals surface area contributed by atoms with Crippen molar-refractivity contribution in [2.75, 3.05) is 17.7 Å². The third kappa shape index (κ3) is 6.79. The summed E-state index contributed by atoms with van der Waals surface area (Å²) >= 11 is 0. The van der Waals surface area contributed by atoms with Gasteiger partial charge in [0.05, 0.1) is 22.2 Å². The highest BCUT2D eigenvalue weighted by molar-refractivity contribution is 6.14. The largest absolute Gasteiger partial charge is 0.417 e. The predicted molar refractivity (Wildman–Crippen MR) is 157 cm³/mol. The van der Waals surface area contributed by atoms with Gasteiger partial charge in [-0.2, -0.15) is 13.2 Å². The van der Waals surface area contributed by atoms with Gasteiger partial charge in [-0.15, -0.1) is 12.4 Å². The van der Waals surface area contributed by atoms with Gasteiger partial charge in [0.25, 0.3) is 11.8 Å². The second-order valence-electron chi connectivity index (χ2n) is 9.31. The van der Waals surface area contributed by atoms with E-state index in [9.17, 15) is 22.8 Å². The van der Waals surface area contributed by atoms with E-state index in [2.05, 4.69) is 20.6 Å². The number of H-pyrrole nitrogens is 1. The smallest absolute Gasteiger partial charge is 0.377 e. The van der Waals surface area contributed by atoms with Gasteiger partial charge in [0.1, 0.15) is 17.9 Å². The molecule has 5 rings (SSSR count). The van der Waals surface area contributed by atoms with Crippen molar-refractivity contribution in [1.29, 1.82) is 0 Å². The van der Waals surface area contributed by atoms with E-state index in [-0.39, 0.29) is 30.3 Å². The van der Waals surface area contributed by atoms with Gasteiger partial charge in [-0.3, -0.25) is 9.59 Å². The molecule has 0 spiro atoms. The number of nitrogens with one attached hydrogen (secondary N) is 3. The lowest BCUT2D eigenvalue weighted by Crippen LogP contribution is -2.19. The summed E-state index contributed by atoms with van der Waals surface area (Å²) in [6, 6.07) is 24.6. The van der Waals surface area contributed by atoms with Gasteiger partial charge in [0.2, 0.25) is 0 Å². The molecular formula is C31H26ClF3N4O3. The van der Waals surface area contributed by atoms with Crippen LogP contribution in [0.4, 0.5) is 24.5 Å². The minimum Gasteiger partial charge on any atom is -0.377 e. The zero-order valence-corrected chi connectivity index (χ0v) is 23.1. The molecule has 0 saturated carbocycles. The molecule has 2 amide bonds. The van der Waals surface area contributed by atoms with Crippen molar-refractivity contribution in [3.8, 4) is 0 Å². The number of rotatable bonds is 8. The summed E-state index contributed by atoms with van der Waals surface area (Å²) < 4.78 is 45.7. The molecule has 0 aliphatic rings. The molecule has 3 N–H and O–H groups in total. The van der Waals surface area contributed by atoms with E-state index < -0.39 is 29.1 Å². The fraction of sp³-hybridized carbons (Fsp3) is 0.129. The maximum Gasteiger partial charge on any atom is 0.417 e. The van der Waals surface area contributed by atoms with Gasteiger partial charge < -0.3 is 20.4 Å². The standard InChI is InChI=1S/C31H25F3N4O3.ClH/c1-41-18-27-36-26-17-21(35-29(39)22-12-6-7-13-24(22)31(32,33)34)16-23(28(26)38-27)30(40)37-25-14-8-5-11-20(25)15-19-9-3-2-4-10-19;/h2-14,16-17H,15,18H2,1H3,(H,35,39)(H,36,38)(H,37,40);1H. The molecule has 0 aliphatic carbocycles. The van der Waals surface area contributed by atoms with Crippen molar-refractivity contribution < 1.29 is 27.5 Å². The normalized spacial score (nSPS) is 11.1. The number of alkyl halides is 3. The number of fused-ring (bicyclic) bond motifs is 1. The van der Waals surface area contributed by atoms with E-state index in [1.54, 1.807) is 12.1 Å². The zero-order valence-electron chi connectivity index (χ0n) is 22.3. The quantitative estimate of drug-likeness (QED) is 0.176. The highest BCUT2D eigenvalue weighted by Gasteiger charge is 2.35. The van der Waals surface area contributed by atoms with Crippen LogP contribution >= 0.6 is 12.4 Å². The number of amides is 2. The number of imidazole rings is 1. The number of nitrogens with zero attached hydrogens (tertiary/aromatic N) is 1. The molecule has 11 heteroatoms. The summed E-state index contributed by atoms with van der Waals surface area (Å²) in [6.45, 7) is 0.135. The number of carbonyl (C=O) groups excluding carboxylic acids is 2. The molecule has 0 saturated heterocycles. The molecule has 42 heavy (non-hydrogen) atoms. The first-order chi connectivity index (χ1) is 19.7. The second-order valence-corrected chi connectivity index (χ2v) is 9.31. The molecule has 7 nitrogen and oxygen atoms in total. The molecule has 216 valence electrons. The van der Waals surface area contributed by atoms with E-state index in [1.807, 2.05) is 42.5 Å². The number of hydrogen-bond acceptors (Lipinski definition) is 4. The lowest BCUT2D eigenvalue weighted by molar-refractivity contribution is -0.137. The molecule has 1 aromatic heterocycles. The summed E-state index contributed by atoms with van der Waals surface area (Å²) in [6.07, 6.45) is -4.13. The average Bonchev–Trinajstić information content (AvgIpc) is 3.36. The maximum absolute atomic E-state index is 13.6. The van der Waals surface area contributed by atoms with Gasteiger partial charge in [0.15, 0.2) is 0 Å². The topological polar surface area (TPSA) is 96.1 Å². The molecule has 0 unspecified atom stereocenters. The fourth-order valence-corrected chi connectivity index (χ4v) is 4.55. The SMILES string of the molecule is COCc1nc2c(C(=O)Nc3ccccc3Cc3ccccc3)cc(NC(=O)c3ccccc3C(F)(F)F)cc2[nH]1.Cl. The van der Waals surface area contributed by atoms with Crippen LogP contribution in [0.2, 0.25) is 0 Å². The molecule has 0 bridgehead atoms. The second kappa shape index (κ2) is 12.9. The summed E-state index contributed by atoms with van der Waals surface area (Å²) in [5.41, 5.74) is 1.92. The van der Waals surface area contributed by atoms with Crippen molar-refractivity contribution in [3.63, 3.8) is 0 Å². The number of ether oxygens (including phenoxy) is 1. The van der Waals surface area contributed by atoms with Crippen molar-refractivity contribution >= 4 is 46.6 Å². The maximum atomic E-state index is 13.6. The first-order valence-corrected chi connectivity index (χ1v) is 12.7. The molecule has 0 fully saturated rings. The Morgan fingerprint density at radius 1 is 0.857 bits per heavy atom. The van der Waals surface area contributed by atoms with Gasteiger partial charge >= 0.3 is 6.18 Å². The average molecular weight is 595 g/mol. The van der Waals surface area contributed by atoms with Crippen LogP contribution in [0.15, 0.2) is 91.0 Å². The Morgan fingerprint density at radius 2 is 1.52 bits per heavy atom. The van der Waals surface area contributed by atoms with Gasteiger partial charge in [-0.05, 0) is 47.9 Å². The Labute approximate surface area is 245 Å². The Morgan fingerprint density at radius 3 is 2.26 bits per heavy atom. The highest BCUT2D eigenvalue weighted by Crippen LogP contribution is 2.33. The van der Waals surface area contributed by atoms with Crippen molar-refractivity contribution in [1.82, 2.24) is 9.97 Å². The van der Waals surface area contributed by atoms with E-state index >= 15 is 0 Å².